The predicted octanol–water partition coefficient (Wildman–Crippen LogP) is 1.58. The van der Waals surface area contributed by atoms with Crippen molar-refractivity contribution in [2.75, 3.05) is 0 Å². The molecule has 1 aliphatic carbocycles. The lowest BCUT2D eigenvalue weighted by Crippen LogP contribution is -2.38. The Morgan fingerprint density at radius 3 is 2.82 bits per heavy atom. The van der Waals surface area contributed by atoms with Gasteiger partial charge in [0.1, 0.15) is 5.82 Å². The molecule has 4 nitrogen and oxygen atoms in total. The number of H-pyrrole nitrogens is 1. The molecule has 0 saturated heterocycles. The van der Waals surface area contributed by atoms with Gasteiger partial charge in [-0.1, -0.05) is 6.42 Å². The van der Waals surface area contributed by atoms with Crippen LogP contribution >= 0.6 is 0 Å². The van der Waals surface area contributed by atoms with Crippen molar-refractivity contribution in [2.45, 2.75) is 52.2 Å². The molecule has 0 aromatic carbocycles. The van der Waals surface area contributed by atoms with Crippen LogP contribution in [0.3, 0.4) is 0 Å². The summed E-state index contributed by atoms with van der Waals surface area (Å²) in [4.78, 5) is 21.5. The van der Waals surface area contributed by atoms with Gasteiger partial charge in [0.2, 0.25) is 0 Å². The van der Waals surface area contributed by atoms with Gasteiger partial charge in [-0.2, -0.15) is 0 Å². The Morgan fingerprint density at radius 2 is 2.18 bits per heavy atom. The largest absolute Gasteiger partial charge is 0.310 e. The molecule has 1 aromatic rings. The highest BCUT2D eigenvalue weighted by Crippen LogP contribution is 2.34. The van der Waals surface area contributed by atoms with E-state index in [0.29, 0.717) is 6.04 Å². The summed E-state index contributed by atoms with van der Waals surface area (Å²) in [6.45, 7) is 5.75. The molecule has 1 aromatic heterocycles. The van der Waals surface area contributed by atoms with Gasteiger partial charge >= 0.3 is 0 Å². The molecule has 1 aliphatic heterocycles. The van der Waals surface area contributed by atoms with Crippen LogP contribution in [0.25, 0.3) is 0 Å². The van der Waals surface area contributed by atoms with Crippen molar-refractivity contribution in [3.8, 4) is 0 Å². The van der Waals surface area contributed by atoms with E-state index in [1.54, 1.807) is 0 Å². The number of aromatic nitrogens is 2. The summed E-state index contributed by atoms with van der Waals surface area (Å²) >= 11 is 0. The van der Waals surface area contributed by atoms with E-state index in [2.05, 4.69) is 21.8 Å². The van der Waals surface area contributed by atoms with E-state index in [9.17, 15) is 4.79 Å². The molecule has 2 heterocycles. The molecular weight excluding hydrogens is 214 g/mol. The minimum absolute atomic E-state index is 0.0517. The van der Waals surface area contributed by atoms with E-state index in [1.807, 2.05) is 6.92 Å². The van der Waals surface area contributed by atoms with E-state index >= 15 is 0 Å². The molecule has 3 rings (SSSR count). The summed E-state index contributed by atoms with van der Waals surface area (Å²) in [7, 11) is 0. The normalized spacial score (nSPS) is 22.2. The molecule has 92 valence electrons. The Labute approximate surface area is 101 Å². The monoisotopic (exact) mass is 233 g/mol. The second-order valence-corrected chi connectivity index (χ2v) is 5.41. The molecule has 0 unspecified atom stereocenters. The van der Waals surface area contributed by atoms with Crippen molar-refractivity contribution in [1.82, 2.24) is 14.9 Å². The molecule has 17 heavy (non-hydrogen) atoms. The summed E-state index contributed by atoms with van der Waals surface area (Å²) in [5.74, 6) is 1.55. The smallest absolute Gasteiger partial charge is 0.255 e. The molecule has 1 saturated carbocycles. The topological polar surface area (TPSA) is 49.0 Å². The van der Waals surface area contributed by atoms with Crippen LogP contribution in [-0.4, -0.2) is 20.9 Å². The van der Waals surface area contributed by atoms with Crippen molar-refractivity contribution < 1.29 is 0 Å². The average Bonchev–Trinajstić information content (AvgIpc) is 2.58. The number of nitrogens with zero attached hydrogens (tertiary/aromatic N) is 2. The summed E-state index contributed by atoms with van der Waals surface area (Å²) in [6.07, 6.45) is 4.06. The van der Waals surface area contributed by atoms with Gasteiger partial charge in [0.25, 0.3) is 5.56 Å². The molecule has 0 radical (unpaired) electrons. The molecule has 0 bridgehead atoms. The van der Waals surface area contributed by atoms with Crippen molar-refractivity contribution in [1.29, 1.82) is 0 Å². The summed E-state index contributed by atoms with van der Waals surface area (Å²) in [5, 5.41) is 0. The summed E-state index contributed by atoms with van der Waals surface area (Å²) in [6, 6.07) is 0.581. The predicted molar refractivity (Wildman–Crippen MR) is 65.6 cm³/mol. The van der Waals surface area contributed by atoms with Crippen LogP contribution in [0.4, 0.5) is 0 Å². The fourth-order valence-corrected chi connectivity index (χ4v) is 2.92. The SMILES string of the molecule is Cc1nc2c(c(=O)[nH]1)CN([C@H](C)C1CCC1)C2. The molecular formula is C13H19N3O. The van der Waals surface area contributed by atoms with Crippen molar-refractivity contribution in [2.24, 2.45) is 5.92 Å². The first kappa shape index (κ1) is 11.0. The first-order valence-electron chi connectivity index (χ1n) is 6.48. The Kier molecular flexibility index (Phi) is 2.54. The Bertz CT molecular complexity index is 490. The zero-order chi connectivity index (χ0) is 12.0. The molecule has 1 N–H and O–H groups in total. The van der Waals surface area contributed by atoms with E-state index < -0.39 is 0 Å². The van der Waals surface area contributed by atoms with Gasteiger partial charge in [-0.3, -0.25) is 9.69 Å². The minimum Gasteiger partial charge on any atom is -0.310 e. The standard InChI is InChI=1S/C13H19N3O/c1-8(10-4-3-5-10)16-6-11-12(7-16)14-9(2)15-13(11)17/h8,10H,3-7H2,1-2H3,(H,14,15,17)/t8-/m1/s1. The fraction of sp³-hybridized carbons (Fsp3) is 0.692. The maximum absolute atomic E-state index is 11.8. The van der Waals surface area contributed by atoms with Crippen LogP contribution in [0.15, 0.2) is 4.79 Å². The molecule has 0 spiro atoms. The highest BCUT2D eigenvalue weighted by Gasteiger charge is 2.33. The maximum Gasteiger partial charge on any atom is 0.255 e. The lowest BCUT2D eigenvalue weighted by molar-refractivity contribution is 0.106. The number of aryl methyl sites for hydroxylation is 1. The van der Waals surface area contributed by atoms with E-state index in [0.717, 1.165) is 36.1 Å². The number of aromatic amines is 1. The number of rotatable bonds is 2. The highest BCUT2D eigenvalue weighted by atomic mass is 16.1. The fourth-order valence-electron chi connectivity index (χ4n) is 2.92. The second-order valence-electron chi connectivity index (χ2n) is 5.41. The lowest BCUT2D eigenvalue weighted by Gasteiger charge is -2.36. The zero-order valence-electron chi connectivity index (χ0n) is 10.5. The van der Waals surface area contributed by atoms with Crippen LogP contribution < -0.4 is 5.56 Å². The minimum atomic E-state index is 0.0517. The molecule has 1 atom stereocenters. The Hall–Kier alpha value is -1.16. The van der Waals surface area contributed by atoms with Crippen LogP contribution in [0.5, 0.6) is 0 Å². The van der Waals surface area contributed by atoms with Gasteiger partial charge in [0.15, 0.2) is 0 Å². The first-order chi connectivity index (χ1) is 8.15. The van der Waals surface area contributed by atoms with E-state index in [4.69, 9.17) is 0 Å². The number of hydrogen-bond acceptors (Lipinski definition) is 3. The van der Waals surface area contributed by atoms with Gasteiger partial charge < -0.3 is 4.98 Å². The highest BCUT2D eigenvalue weighted by molar-refractivity contribution is 5.22. The quantitative estimate of drug-likeness (QED) is 0.843. The Morgan fingerprint density at radius 1 is 1.41 bits per heavy atom. The third-order valence-corrected chi connectivity index (χ3v) is 4.34. The maximum atomic E-state index is 11.8. The van der Waals surface area contributed by atoms with Gasteiger partial charge in [-0.25, -0.2) is 4.98 Å². The van der Waals surface area contributed by atoms with E-state index in [1.165, 1.54) is 19.3 Å². The van der Waals surface area contributed by atoms with Gasteiger partial charge in [-0.15, -0.1) is 0 Å². The second kappa shape index (κ2) is 3.95. The van der Waals surface area contributed by atoms with Crippen molar-refractivity contribution in [3.05, 3.63) is 27.4 Å². The summed E-state index contributed by atoms with van der Waals surface area (Å²) < 4.78 is 0. The number of nitrogens with one attached hydrogen (secondary N) is 1. The van der Waals surface area contributed by atoms with Crippen LogP contribution in [-0.2, 0) is 13.1 Å². The summed E-state index contributed by atoms with van der Waals surface area (Å²) in [5.41, 5.74) is 1.91. The number of fused-ring (bicyclic) bond motifs is 1. The third-order valence-electron chi connectivity index (χ3n) is 4.34. The van der Waals surface area contributed by atoms with Gasteiger partial charge in [0, 0.05) is 19.1 Å². The first-order valence-corrected chi connectivity index (χ1v) is 6.48. The molecule has 0 amide bonds. The third kappa shape index (κ3) is 1.80. The van der Waals surface area contributed by atoms with Crippen LogP contribution in [0.2, 0.25) is 0 Å². The molecule has 4 heteroatoms. The van der Waals surface area contributed by atoms with E-state index in [-0.39, 0.29) is 5.56 Å². The van der Waals surface area contributed by atoms with Crippen molar-refractivity contribution >= 4 is 0 Å². The van der Waals surface area contributed by atoms with Crippen LogP contribution in [0, 0.1) is 12.8 Å². The lowest BCUT2D eigenvalue weighted by atomic mass is 9.80. The molecule has 2 aliphatic rings. The number of hydrogen-bond donors (Lipinski definition) is 1. The Balaban J connectivity index is 1.82. The van der Waals surface area contributed by atoms with Crippen molar-refractivity contribution in [3.63, 3.8) is 0 Å². The van der Waals surface area contributed by atoms with Gasteiger partial charge in [-0.05, 0) is 32.6 Å². The average molecular weight is 233 g/mol. The zero-order valence-corrected chi connectivity index (χ0v) is 10.5. The molecule has 1 fully saturated rings. The van der Waals surface area contributed by atoms with Gasteiger partial charge in [0.05, 0.1) is 11.3 Å². The van der Waals surface area contributed by atoms with Crippen LogP contribution in [0.1, 0.15) is 43.3 Å².